The first-order valence-electron chi connectivity index (χ1n) is 6.43. The van der Waals surface area contributed by atoms with Gasteiger partial charge in [0.2, 0.25) is 0 Å². The Balaban J connectivity index is 1.96. The van der Waals surface area contributed by atoms with Crippen LogP contribution in [-0.4, -0.2) is 30.8 Å². The molecule has 1 aromatic carbocycles. The zero-order chi connectivity index (χ0) is 12.3. The van der Waals surface area contributed by atoms with Crippen LogP contribution in [0.1, 0.15) is 35.7 Å². The van der Waals surface area contributed by atoms with Crippen LogP contribution in [0.3, 0.4) is 0 Å². The Kier molecular flexibility index (Phi) is 3.95. The number of benzene rings is 1. The van der Waals surface area contributed by atoms with Gasteiger partial charge in [0.25, 0.3) is 0 Å². The zero-order valence-electron chi connectivity index (χ0n) is 10.8. The quantitative estimate of drug-likeness (QED) is 0.746. The Morgan fingerprint density at radius 2 is 2.06 bits per heavy atom. The van der Waals surface area contributed by atoms with Gasteiger partial charge in [-0.3, -0.25) is 4.79 Å². The Morgan fingerprint density at radius 3 is 2.65 bits per heavy atom. The molecule has 1 fully saturated rings. The molecule has 0 aromatic heterocycles. The standard InChI is InChI=1S/C15H21NO/c1-12(17)15-7-5-13(6-8-15)10-14-4-3-9-16(2)11-14/h5-8,14H,3-4,9-11H2,1-2H3. The van der Waals surface area contributed by atoms with Crippen LogP contribution >= 0.6 is 0 Å². The molecule has 1 aromatic rings. The first-order chi connectivity index (χ1) is 8.15. The number of nitrogens with zero attached hydrogens (tertiary/aromatic N) is 1. The van der Waals surface area contributed by atoms with Gasteiger partial charge in [-0.05, 0) is 51.3 Å². The summed E-state index contributed by atoms with van der Waals surface area (Å²) in [7, 11) is 2.20. The summed E-state index contributed by atoms with van der Waals surface area (Å²) in [6.07, 6.45) is 3.79. The monoisotopic (exact) mass is 231 g/mol. The number of hydrogen-bond acceptors (Lipinski definition) is 2. The number of ketones is 1. The second kappa shape index (κ2) is 5.46. The Hall–Kier alpha value is -1.15. The molecule has 1 unspecified atom stereocenters. The van der Waals surface area contributed by atoms with Gasteiger partial charge < -0.3 is 4.90 Å². The van der Waals surface area contributed by atoms with E-state index >= 15 is 0 Å². The third-order valence-corrected chi connectivity index (χ3v) is 3.61. The van der Waals surface area contributed by atoms with Crippen molar-refractivity contribution in [2.24, 2.45) is 5.92 Å². The first kappa shape index (κ1) is 12.3. The number of hydrogen-bond donors (Lipinski definition) is 0. The van der Waals surface area contributed by atoms with Crippen molar-refractivity contribution in [1.82, 2.24) is 4.90 Å². The van der Waals surface area contributed by atoms with Crippen molar-refractivity contribution in [2.75, 3.05) is 20.1 Å². The fourth-order valence-corrected chi connectivity index (χ4v) is 2.65. The third kappa shape index (κ3) is 3.40. The number of carbonyl (C=O) groups is 1. The van der Waals surface area contributed by atoms with Gasteiger partial charge in [-0.15, -0.1) is 0 Å². The number of likely N-dealkylation sites (tertiary alicyclic amines) is 1. The van der Waals surface area contributed by atoms with Gasteiger partial charge in [-0.25, -0.2) is 0 Å². The minimum Gasteiger partial charge on any atom is -0.306 e. The zero-order valence-corrected chi connectivity index (χ0v) is 10.8. The highest BCUT2D eigenvalue weighted by Crippen LogP contribution is 2.20. The molecule has 0 bridgehead atoms. The molecule has 0 N–H and O–H groups in total. The maximum Gasteiger partial charge on any atom is 0.159 e. The predicted octanol–water partition coefficient (Wildman–Crippen LogP) is 2.77. The average Bonchev–Trinajstić information content (AvgIpc) is 2.29. The lowest BCUT2D eigenvalue weighted by molar-refractivity contribution is 0.101. The molecule has 1 aliphatic heterocycles. The van der Waals surface area contributed by atoms with Gasteiger partial charge in [0, 0.05) is 12.1 Å². The van der Waals surface area contributed by atoms with E-state index in [2.05, 4.69) is 24.1 Å². The topological polar surface area (TPSA) is 20.3 Å². The maximum atomic E-state index is 11.2. The van der Waals surface area contributed by atoms with E-state index in [-0.39, 0.29) is 5.78 Å². The van der Waals surface area contributed by atoms with Crippen LogP contribution in [0.25, 0.3) is 0 Å². The van der Waals surface area contributed by atoms with Crippen molar-refractivity contribution >= 4 is 5.78 Å². The van der Waals surface area contributed by atoms with Crippen molar-refractivity contribution in [3.63, 3.8) is 0 Å². The Bertz CT molecular complexity index is 382. The smallest absolute Gasteiger partial charge is 0.159 e. The highest BCUT2D eigenvalue weighted by Gasteiger charge is 2.17. The summed E-state index contributed by atoms with van der Waals surface area (Å²) in [6.45, 7) is 4.05. The van der Waals surface area contributed by atoms with Gasteiger partial charge in [0.15, 0.2) is 5.78 Å². The summed E-state index contributed by atoms with van der Waals surface area (Å²) < 4.78 is 0. The van der Waals surface area contributed by atoms with Crippen molar-refractivity contribution in [3.8, 4) is 0 Å². The van der Waals surface area contributed by atoms with Crippen LogP contribution < -0.4 is 0 Å². The molecule has 0 radical (unpaired) electrons. The summed E-state index contributed by atoms with van der Waals surface area (Å²) in [5.74, 6) is 0.922. The summed E-state index contributed by atoms with van der Waals surface area (Å²) in [4.78, 5) is 13.6. The van der Waals surface area contributed by atoms with E-state index in [9.17, 15) is 4.79 Å². The normalized spacial score (nSPS) is 21.4. The SMILES string of the molecule is CC(=O)c1ccc(CC2CCCN(C)C2)cc1. The summed E-state index contributed by atoms with van der Waals surface area (Å²) in [5.41, 5.74) is 2.17. The molecule has 2 rings (SSSR count). The maximum absolute atomic E-state index is 11.2. The van der Waals surface area contributed by atoms with E-state index in [1.54, 1.807) is 6.92 Å². The van der Waals surface area contributed by atoms with Crippen LogP contribution in [0, 0.1) is 5.92 Å². The molecule has 2 heteroatoms. The minimum absolute atomic E-state index is 0.147. The third-order valence-electron chi connectivity index (χ3n) is 3.61. The molecule has 1 heterocycles. The molecule has 17 heavy (non-hydrogen) atoms. The fraction of sp³-hybridized carbons (Fsp3) is 0.533. The summed E-state index contributed by atoms with van der Waals surface area (Å²) >= 11 is 0. The molecule has 0 aliphatic carbocycles. The molecule has 1 saturated heterocycles. The Morgan fingerprint density at radius 1 is 1.35 bits per heavy atom. The number of piperidine rings is 1. The van der Waals surface area contributed by atoms with Gasteiger partial charge in [-0.1, -0.05) is 24.3 Å². The molecule has 92 valence electrons. The second-order valence-electron chi connectivity index (χ2n) is 5.23. The van der Waals surface area contributed by atoms with E-state index in [1.165, 1.54) is 31.5 Å². The highest BCUT2D eigenvalue weighted by atomic mass is 16.1. The van der Waals surface area contributed by atoms with E-state index < -0.39 is 0 Å². The van der Waals surface area contributed by atoms with Crippen molar-refractivity contribution in [2.45, 2.75) is 26.2 Å². The van der Waals surface area contributed by atoms with Gasteiger partial charge in [0.05, 0.1) is 0 Å². The molecular formula is C15H21NO. The summed E-state index contributed by atoms with van der Waals surface area (Å²) in [6, 6.07) is 8.10. The lowest BCUT2D eigenvalue weighted by Gasteiger charge is -2.29. The predicted molar refractivity (Wildman–Crippen MR) is 70.4 cm³/mol. The van der Waals surface area contributed by atoms with Crippen molar-refractivity contribution < 1.29 is 4.79 Å². The Labute approximate surface area is 104 Å². The molecule has 0 spiro atoms. The molecule has 0 saturated carbocycles. The van der Waals surface area contributed by atoms with E-state index in [1.807, 2.05) is 12.1 Å². The lowest BCUT2D eigenvalue weighted by Crippen LogP contribution is -2.32. The van der Waals surface area contributed by atoms with E-state index in [0.29, 0.717) is 0 Å². The lowest BCUT2D eigenvalue weighted by atomic mass is 9.91. The van der Waals surface area contributed by atoms with Crippen LogP contribution in [0.15, 0.2) is 24.3 Å². The van der Waals surface area contributed by atoms with Crippen molar-refractivity contribution in [3.05, 3.63) is 35.4 Å². The van der Waals surface area contributed by atoms with E-state index in [0.717, 1.165) is 17.9 Å². The van der Waals surface area contributed by atoms with Crippen molar-refractivity contribution in [1.29, 1.82) is 0 Å². The molecular weight excluding hydrogens is 210 g/mol. The van der Waals surface area contributed by atoms with Gasteiger partial charge >= 0.3 is 0 Å². The first-order valence-corrected chi connectivity index (χ1v) is 6.43. The number of rotatable bonds is 3. The molecule has 1 aliphatic rings. The largest absolute Gasteiger partial charge is 0.306 e. The van der Waals surface area contributed by atoms with E-state index in [4.69, 9.17) is 0 Å². The van der Waals surface area contributed by atoms with Crippen LogP contribution in [0.2, 0.25) is 0 Å². The van der Waals surface area contributed by atoms with Crippen LogP contribution in [0.5, 0.6) is 0 Å². The molecule has 2 nitrogen and oxygen atoms in total. The second-order valence-corrected chi connectivity index (χ2v) is 5.23. The minimum atomic E-state index is 0.147. The van der Waals surface area contributed by atoms with Gasteiger partial charge in [0.1, 0.15) is 0 Å². The molecule has 1 atom stereocenters. The number of carbonyl (C=O) groups excluding carboxylic acids is 1. The highest BCUT2D eigenvalue weighted by molar-refractivity contribution is 5.93. The summed E-state index contributed by atoms with van der Waals surface area (Å²) in [5, 5.41) is 0. The fourth-order valence-electron chi connectivity index (χ4n) is 2.65. The van der Waals surface area contributed by atoms with Crippen LogP contribution in [0.4, 0.5) is 0 Å². The van der Waals surface area contributed by atoms with Gasteiger partial charge in [-0.2, -0.15) is 0 Å². The molecule has 0 amide bonds. The van der Waals surface area contributed by atoms with Crippen LogP contribution in [-0.2, 0) is 6.42 Å². The number of Topliss-reactive ketones (excluding diaryl/α,β-unsaturated/α-hetero) is 1. The average molecular weight is 231 g/mol.